The fourth-order valence-electron chi connectivity index (χ4n) is 6.10. The van der Waals surface area contributed by atoms with E-state index in [1.165, 1.54) is 24.0 Å². The van der Waals surface area contributed by atoms with Crippen LogP contribution in [-0.4, -0.2) is 16.3 Å². The number of aliphatic hydroxyl groups is 1. The lowest BCUT2D eigenvalue weighted by atomic mass is 9.59. The predicted octanol–water partition coefficient (Wildman–Crippen LogP) is 3.66. The average molecular weight is 282 g/mol. The molecule has 2 saturated carbocycles. The molecule has 1 aromatic carbocycles. The van der Waals surface area contributed by atoms with Crippen molar-refractivity contribution < 1.29 is 10.2 Å². The zero-order valence-electron chi connectivity index (χ0n) is 12.5. The highest BCUT2D eigenvalue weighted by Crippen LogP contribution is 2.80. The molecule has 21 heavy (non-hydrogen) atoms. The summed E-state index contributed by atoms with van der Waals surface area (Å²) in [4.78, 5) is 0. The molecule has 0 unspecified atom stereocenters. The van der Waals surface area contributed by atoms with E-state index in [0.717, 1.165) is 25.7 Å². The average Bonchev–Trinajstić information content (AvgIpc) is 3.15. The van der Waals surface area contributed by atoms with Crippen LogP contribution < -0.4 is 0 Å². The Morgan fingerprint density at radius 2 is 2.00 bits per heavy atom. The molecule has 4 atom stereocenters. The van der Waals surface area contributed by atoms with E-state index < -0.39 is 0 Å². The van der Waals surface area contributed by atoms with E-state index in [1.807, 2.05) is 12.1 Å². The third kappa shape index (κ3) is 1.29. The van der Waals surface area contributed by atoms with E-state index in [9.17, 15) is 10.2 Å². The summed E-state index contributed by atoms with van der Waals surface area (Å²) in [6, 6.07) is 5.88. The SMILES string of the molecule is C[C@]12CCC3=C(CCc4cc(O)ccc43)[C@]13C[C@@H]3[C@@H](O)C2. The Morgan fingerprint density at radius 1 is 1.14 bits per heavy atom. The molecule has 0 amide bonds. The molecule has 0 aliphatic heterocycles. The van der Waals surface area contributed by atoms with E-state index in [0.29, 0.717) is 22.5 Å². The van der Waals surface area contributed by atoms with Gasteiger partial charge in [0.25, 0.3) is 0 Å². The number of aryl methyl sites for hydroxylation is 1. The minimum Gasteiger partial charge on any atom is -0.508 e. The number of hydrogen-bond acceptors (Lipinski definition) is 2. The van der Waals surface area contributed by atoms with Crippen LogP contribution in [0.25, 0.3) is 5.57 Å². The second-order valence-electron chi connectivity index (χ2n) is 7.91. The van der Waals surface area contributed by atoms with E-state index in [4.69, 9.17) is 0 Å². The highest BCUT2D eigenvalue weighted by Gasteiger charge is 2.74. The van der Waals surface area contributed by atoms with Crippen LogP contribution in [0.3, 0.4) is 0 Å². The van der Waals surface area contributed by atoms with Crippen molar-refractivity contribution in [3.63, 3.8) is 0 Å². The Morgan fingerprint density at radius 3 is 2.81 bits per heavy atom. The van der Waals surface area contributed by atoms with E-state index >= 15 is 0 Å². The van der Waals surface area contributed by atoms with Crippen LogP contribution in [0.1, 0.15) is 50.2 Å². The molecule has 1 aromatic rings. The summed E-state index contributed by atoms with van der Waals surface area (Å²) in [5, 5.41) is 20.1. The third-order valence-corrected chi connectivity index (χ3v) is 7.10. The first-order chi connectivity index (χ1) is 10.1. The number of fused-ring (bicyclic) bond motifs is 2. The lowest BCUT2D eigenvalue weighted by molar-refractivity contribution is 0.117. The zero-order valence-corrected chi connectivity index (χ0v) is 12.5. The van der Waals surface area contributed by atoms with Gasteiger partial charge in [-0.2, -0.15) is 0 Å². The number of phenols is 1. The van der Waals surface area contributed by atoms with Crippen LogP contribution in [0, 0.1) is 16.7 Å². The molecule has 0 radical (unpaired) electrons. The Kier molecular flexibility index (Phi) is 2.07. The van der Waals surface area contributed by atoms with Crippen molar-refractivity contribution in [2.45, 2.75) is 51.6 Å². The summed E-state index contributed by atoms with van der Waals surface area (Å²) < 4.78 is 0. The van der Waals surface area contributed by atoms with E-state index in [-0.39, 0.29) is 6.10 Å². The summed E-state index contributed by atoms with van der Waals surface area (Å²) in [6.45, 7) is 2.42. The van der Waals surface area contributed by atoms with Crippen molar-refractivity contribution in [3.05, 3.63) is 34.9 Å². The van der Waals surface area contributed by atoms with Gasteiger partial charge in [-0.3, -0.25) is 0 Å². The second kappa shape index (κ2) is 3.55. The van der Waals surface area contributed by atoms with Crippen molar-refractivity contribution in [3.8, 4) is 5.75 Å². The Labute approximate surface area is 125 Å². The van der Waals surface area contributed by atoms with Crippen molar-refractivity contribution in [1.29, 1.82) is 0 Å². The quantitative estimate of drug-likeness (QED) is 0.762. The standard InChI is InChI=1S/C19H22O2/c1-18-7-6-14-13-4-3-12(20)8-11(13)2-5-15(14)19(18)9-16(19)17(21)10-18/h3-4,8,16-17,20-21H,2,5-7,9-10H2,1H3/t16-,17+,18-,19+/m1/s1. The molecular weight excluding hydrogens is 260 g/mol. The number of hydrogen-bond donors (Lipinski definition) is 2. The number of rotatable bonds is 0. The van der Waals surface area contributed by atoms with Gasteiger partial charge in [0.2, 0.25) is 0 Å². The molecule has 2 fully saturated rings. The van der Waals surface area contributed by atoms with Crippen LogP contribution in [0.15, 0.2) is 23.8 Å². The maximum atomic E-state index is 10.4. The number of allylic oxidation sites excluding steroid dienone is 2. The molecule has 2 nitrogen and oxygen atoms in total. The van der Waals surface area contributed by atoms with Crippen molar-refractivity contribution >= 4 is 5.57 Å². The number of aromatic hydroxyl groups is 1. The zero-order chi connectivity index (χ0) is 14.4. The fraction of sp³-hybridized carbons (Fsp3) is 0.579. The van der Waals surface area contributed by atoms with Crippen LogP contribution in [0.4, 0.5) is 0 Å². The molecule has 0 aromatic heterocycles. The molecular formula is C19H22O2. The van der Waals surface area contributed by atoms with Crippen molar-refractivity contribution in [1.82, 2.24) is 0 Å². The van der Waals surface area contributed by atoms with Gasteiger partial charge in [-0.05, 0) is 78.7 Å². The molecule has 2 heteroatoms. The minimum absolute atomic E-state index is 0.0805. The molecule has 4 aliphatic carbocycles. The van der Waals surface area contributed by atoms with Gasteiger partial charge in [0.15, 0.2) is 0 Å². The first-order valence-corrected chi connectivity index (χ1v) is 8.28. The van der Waals surface area contributed by atoms with Gasteiger partial charge >= 0.3 is 0 Å². The van der Waals surface area contributed by atoms with Gasteiger partial charge in [0.1, 0.15) is 5.75 Å². The lowest BCUT2D eigenvalue weighted by Gasteiger charge is -2.44. The Balaban J connectivity index is 1.70. The third-order valence-electron chi connectivity index (χ3n) is 7.10. The monoisotopic (exact) mass is 282 g/mol. The van der Waals surface area contributed by atoms with Gasteiger partial charge < -0.3 is 10.2 Å². The van der Waals surface area contributed by atoms with Crippen LogP contribution in [0.5, 0.6) is 5.75 Å². The number of aliphatic hydroxyl groups excluding tert-OH is 1. The highest BCUT2D eigenvalue weighted by atomic mass is 16.3. The maximum Gasteiger partial charge on any atom is 0.115 e. The van der Waals surface area contributed by atoms with Gasteiger partial charge in [-0.25, -0.2) is 0 Å². The topological polar surface area (TPSA) is 40.5 Å². The molecule has 0 heterocycles. The summed E-state index contributed by atoms with van der Waals surface area (Å²) in [7, 11) is 0. The highest BCUT2D eigenvalue weighted by molar-refractivity contribution is 5.77. The first kappa shape index (κ1) is 12.3. The summed E-state index contributed by atoms with van der Waals surface area (Å²) in [6.07, 6.45) is 6.65. The van der Waals surface area contributed by atoms with Crippen LogP contribution >= 0.6 is 0 Å². The lowest BCUT2D eigenvalue weighted by Crippen LogP contribution is -2.34. The molecule has 1 spiro atoms. The van der Waals surface area contributed by atoms with E-state index in [1.54, 1.807) is 11.1 Å². The largest absolute Gasteiger partial charge is 0.508 e. The Hall–Kier alpha value is -1.28. The number of phenolic OH excluding ortho intramolecular Hbond substituents is 1. The molecule has 5 rings (SSSR count). The molecule has 4 aliphatic rings. The molecule has 2 N–H and O–H groups in total. The smallest absolute Gasteiger partial charge is 0.115 e. The number of benzene rings is 1. The fourth-order valence-corrected chi connectivity index (χ4v) is 6.10. The molecule has 0 bridgehead atoms. The first-order valence-electron chi connectivity index (χ1n) is 8.28. The van der Waals surface area contributed by atoms with Crippen molar-refractivity contribution in [2.24, 2.45) is 16.7 Å². The minimum atomic E-state index is -0.0805. The molecule has 0 saturated heterocycles. The van der Waals surface area contributed by atoms with Crippen LogP contribution in [-0.2, 0) is 6.42 Å². The Bertz CT molecular complexity index is 689. The van der Waals surface area contributed by atoms with Crippen LogP contribution in [0.2, 0.25) is 0 Å². The van der Waals surface area contributed by atoms with Gasteiger partial charge in [0.05, 0.1) is 6.10 Å². The van der Waals surface area contributed by atoms with E-state index in [2.05, 4.69) is 13.0 Å². The van der Waals surface area contributed by atoms with Gasteiger partial charge in [-0.1, -0.05) is 18.6 Å². The second-order valence-corrected chi connectivity index (χ2v) is 7.91. The normalized spacial score (nSPS) is 43.0. The maximum absolute atomic E-state index is 10.4. The predicted molar refractivity (Wildman–Crippen MR) is 81.9 cm³/mol. The van der Waals surface area contributed by atoms with Gasteiger partial charge in [0, 0.05) is 5.41 Å². The molecule has 110 valence electrons. The van der Waals surface area contributed by atoms with Gasteiger partial charge in [-0.15, -0.1) is 0 Å². The summed E-state index contributed by atoms with van der Waals surface area (Å²) in [5.74, 6) is 0.906. The van der Waals surface area contributed by atoms with Crippen molar-refractivity contribution in [2.75, 3.05) is 0 Å². The summed E-state index contributed by atoms with van der Waals surface area (Å²) >= 11 is 0. The summed E-state index contributed by atoms with van der Waals surface area (Å²) in [5.41, 5.74) is 6.53.